The second kappa shape index (κ2) is 3.92. The van der Waals surface area contributed by atoms with Gasteiger partial charge in [0.05, 0.1) is 0 Å². The molecule has 0 amide bonds. The van der Waals surface area contributed by atoms with E-state index in [4.69, 9.17) is 4.74 Å². The minimum absolute atomic E-state index is 0.223. The second-order valence-corrected chi connectivity index (χ2v) is 4.25. The molecule has 0 saturated heterocycles. The number of carbonyl (C=O) groups excluding carboxylic acids is 1. The van der Waals surface area contributed by atoms with Gasteiger partial charge in [0.2, 0.25) is 5.82 Å². The Bertz CT molecular complexity index is 430. The lowest BCUT2D eigenvalue weighted by Gasteiger charge is -2.19. The molecule has 7 nitrogen and oxygen atoms in total. The van der Waals surface area contributed by atoms with Gasteiger partial charge in [0, 0.05) is 6.92 Å². The highest BCUT2D eigenvalue weighted by Gasteiger charge is 2.24. The fraction of sp³-hybridized carbons (Fsp3) is 0.556. The zero-order valence-electron chi connectivity index (χ0n) is 9.55. The van der Waals surface area contributed by atoms with E-state index in [-0.39, 0.29) is 11.6 Å². The normalized spacial score (nSPS) is 11.2. The van der Waals surface area contributed by atoms with Crippen molar-refractivity contribution in [2.24, 2.45) is 0 Å². The summed E-state index contributed by atoms with van der Waals surface area (Å²) in [6.45, 7) is 6.64. The third kappa shape index (κ3) is 2.78. The van der Waals surface area contributed by atoms with E-state index in [0.29, 0.717) is 0 Å². The molecule has 1 heterocycles. The van der Waals surface area contributed by atoms with E-state index in [1.54, 1.807) is 20.8 Å². The summed E-state index contributed by atoms with van der Waals surface area (Å²) in [5.74, 6) is -0.149. The molecule has 0 aromatic carbocycles. The summed E-state index contributed by atoms with van der Waals surface area (Å²) in [4.78, 5) is 25.0. The number of nitro groups is 1. The van der Waals surface area contributed by atoms with Gasteiger partial charge in [0.15, 0.2) is 0 Å². The van der Waals surface area contributed by atoms with Crippen molar-refractivity contribution in [2.45, 2.75) is 33.3 Å². The van der Waals surface area contributed by atoms with Crippen molar-refractivity contribution in [3.63, 3.8) is 0 Å². The quantitative estimate of drug-likeness (QED) is 0.540. The molecular formula is C9H13N3O4. The van der Waals surface area contributed by atoms with Gasteiger partial charge in [-0.05, 0) is 30.7 Å². The number of aromatic nitrogens is 2. The van der Waals surface area contributed by atoms with Gasteiger partial charge in [-0.15, -0.1) is 0 Å². The largest absolute Gasteiger partial charge is 0.443 e. The fourth-order valence-corrected chi connectivity index (χ4v) is 1.04. The van der Waals surface area contributed by atoms with Crippen molar-refractivity contribution >= 4 is 11.9 Å². The zero-order chi connectivity index (χ0) is 12.5. The van der Waals surface area contributed by atoms with Crippen LogP contribution < -0.4 is 0 Å². The molecule has 0 aliphatic rings. The average Bonchev–Trinajstić information content (AvgIpc) is 2.44. The highest BCUT2D eigenvalue weighted by Crippen LogP contribution is 2.14. The molecule has 0 saturated carbocycles. The second-order valence-electron chi connectivity index (χ2n) is 4.25. The smallest absolute Gasteiger partial charge is 0.421 e. The molecule has 1 rings (SSSR count). The zero-order valence-corrected chi connectivity index (χ0v) is 9.55. The Labute approximate surface area is 92.2 Å². The van der Waals surface area contributed by atoms with E-state index in [0.717, 1.165) is 10.8 Å². The summed E-state index contributed by atoms with van der Waals surface area (Å²) in [6, 6.07) is 0. The first-order valence-electron chi connectivity index (χ1n) is 4.64. The van der Waals surface area contributed by atoms with Gasteiger partial charge in [-0.2, -0.15) is 0 Å². The van der Waals surface area contributed by atoms with E-state index in [9.17, 15) is 14.9 Å². The van der Waals surface area contributed by atoms with Crippen LogP contribution in [0.5, 0.6) is 0 Å². The molecule has 1 aromatic rings. The molecule has 1 aromatic heterocycles. The molecule has 0 spiro atoms. The number of ether oxygens (including phenoxy) is 1. The van der Waals surface area contributed by atoms with Crippen LogP contribution in [-0.2, 0) is 4.74 Å². The maximum atomic E-state index is 11.6. The van der Waals surface area contributed by atoms with Crippen LogP contribution in [0.4, 0.5) is 10.6 Å². The van der Waals surface area contributed by atoms with Crippen molar-refractivity contribution in [1.29, 1.82) is 0 Å². The Morgan fingerprint density at radius 2 is 2.12 bits per heavy atom. The number of carbonyl (C=O) groups is 1. The summed E-state index contributed by atoms with van der Waals surface area (Å²) >= 11 is 0. The molecule has 0 unspecified atom stereocenters. The molecule has 0 N–H and O–H groups in total. The maximum absolute atomic E-state index is 11.6. The average molecular weight is 227 g/mol. The highest BCUT2D eigenvalue weighted by atomic mass is 16.6. The first-order chi connectivity index (χ1) is 7.20. The van der Waals surface area contributed by atoms with Crippen molar-refractivity contribution in [1.82, 2.24) is 9.55 Å². The van der Waals surface area contributed by atoms with E-state index >= 15 is 0 Å². The van der Waals surface area contributed by atoms with E-state index in [1.807, 2.05) is 0 Å². The maximum Gasteiger partial charge on any atom is 0.421 e. The van der Waals surface area contributed by atoms with Crippen LogP contribution in [0.25, 0.3) is 0 Å². The van der Waals surface area contributed by atoms with E-state index in [2.05, 4.69) is 4.98 Å². The van der Waals surface area contributed by atoms with Crippen molar-refractivity contribution < 1.29 is 14.5 Å². The SMILES string of the molecule is Cc1nc([N+](=O)[O-])cn1C(=O)OC(C)(C)C. The van der Waals surface area contributed by atoms with Gasteiger partial charge in [-0.3, -0.25) is 0 Å². The number of rotatable bonds is 1. The molecule has 88 valence electrons. The molecule has 0 aliphatic carbocycles. The minimum atomic E-state index is -0.675. The monoisotopic (exact) mass is 227 g/mol. The van der Waals surface area contributed by atoms with Gasteiger partial charge in [-0.25, -0.2) is 9.36 Å². The van der Waals surface area contributed by atoms with Crippen LogP contribution in [0.15, 0.2) is 6.20 Å². The summed E-state index contributed by atoms with van der Waals surface area (Å²) in [7, 11) is 0. The van der Waals surface area contributed by atoms with E-state index in [1.165, 1.54) is 6.92 Å². The number of nitrogens with zero attached hydrogens (tertiary/aromatic N) is 3. The third-order valence-corrected chi connectivity index (χ3v) is 1.65. The standard InChI is InChI=1S/C9H13N3O4/c1-6-10-7(12(14)15)5-11(6)8(13)16-9(2,3)4/h5H,1-4H3. The third-order valence-electron chi connectivity index (χ3n) is 1.65. The molecule has 0 radical (unpaired) electrons. The summed E-state index contributed by atoms with van der Waals surface area (Å²) < 4.78 is 6.08. The van der Waals surface area contributed by atoms with Gasteiger partial charge >= 0.3 is 11.9 Å². The van der Waals surface area contributed by atoms with Crippen molar-refractivity contribution in [2.75, 3.05) is 0 Å². The van der Waals surface area contributed by atoms with E-state index < -0.39 is 16.6 Å². The minimum Gasteiger partial charge on any atom is -0.443 e. The Hall–Kier alpha value is -1.92. The van der Waals surface area contributed by atoms with Crippen LogP contribution in [0.1, 0.15) is 26.6 Å². The number of hydrogen-bond acceptors (Lipinski definition) is 5. The van der Waals surface area contributed by atoms with Gasteiger partial charge in [0.1, 0.15) is 11.8 Å². The van der Waals surface area contributed by atoms with Crippen LogP contribution in [0, 0.1) is 17.0 Å². The topological polar surface area (TPSA) is 87.3 Å². The highest BCUT2D eigenvalue weighted by molar-refractivity contribution is 5.72. The Balaban J connectivity index is 2.96. The molecule has 0 aliphatic heterocycles. The lowest BCUT2D eigenvalue weighted by atomic mass is 10.2. The van der Waals surface area contributed by atoms with Crippen LogP contribution >= 0.6 is 0 Å². The number of hydrogen-bond donors (Lipinski definition) is 0. The Kier molecular flexibility index (Phi) is 2.97. The number of aryl methyl sites for hydroxylation is 1. The summed E-state index contributed by atoms with van der Waals surface area (Å²) in [5, 5.41) is 10.5. The van der Waals surface area contributed by atoms with Gasteiger partial charge < -0.3 is 14.9 Å². The first kappa shape index (κ1) is 12.2. The predicted molar refractivity (Wildman–Crippen MR) is 55.3 cm³/mol. The molecule has 0 bridgehead atoms. The fourth-order valence-electron chi connectivity index (χ4n) is 1.04. The Morgan fingerprint density at radius 3 is 2.50 bits per heavy atom. The lowest BCUT2D eigenvalue weighted by Crippen LogP contribution is -2.27. The number of imidazole rings is 1. The van der Waals surface area contributed by atoms with Crippen LogP contribution in [0.3, 0.4) is 0 Å². The van der Waals surface area contributed by atoms with Crippen molar-refractivity contribution in [3.8, 4) is 0 Å². The Morgan fingerprint density at radius 1 is 1.56 bits per heavy atom. The molecular weight excluding hydrogens is 214 g/mol. The molecule has 0 atom stereocenters. The van der Waals surface area contributed by atoms with Gasteiger partial charge in [0.25, 0.3) is 0 Å². The van der Waals surface area contributed by atoms with Crippen molar-refractivity contribution in [3.05, 3.63) is 22.1 Å². The first-order valence-corrected chi connectivity index (χ1v) is 4.64. The predicted octanol–water partition coefficient (Wildman–Crippen LogP) is 1.88. The van der Waals surface area contributed by atoms with Crippen LogP contribution in [-0.4, -0.2) is 26.2 Å². The molecule has 0 fully saturated rings. The lowest BCUT2D eigenvalue weighted by molar-refractivity contribution is -0.389. The summed E-state index contributed by atoms with van der Waals surface area (Å²) in [5.41, 5.74) is -0.650. The molecule has 7 heteroatoms. The van der Waals surface area contributed by atoms with Gasteiger partial charge in [-0.1, -0.05) is 0 Å². The summed E-state index contributed by atoms with van der Waals surface area (Å²) in [6.07, 6.45) is 0.370. The van der Waals surface area contributed by atoms with Crippen LogP contribution in [0.2, 0.25) is 0 Å². The molecule has 16 heavy (non-hydrogen) atoms.